The fourth-order valence-electron chi connectivity index (χ4n) is 4.95. The van der Waals surface area contributed by atoms with Crippen LogP contribution in [0.4, 0.5) is 0 Å². The van der Waals surface area contributed by atoms with Crippen LogP contribution in [0, 0.1) is 5.92 Å². The molecule has 1 atom stereocenters. The third kappa shape index (κ3) is 3.98. The fraction of sp³-hybridized carbons (Fsp3) is 0.667. The van der Waals surface area contributed by atoms with Gasteiger partial charge in [-0.3, -0.25) is 4.79 Å². The quantitative estimate of drug-likeness (QED) is 0.771. The van der Waals surface area contributed by atoms with E-state index in [1.54, 1.807) is 24.3 Å². The summed E-state index contributed by atoms with van der Waals surface area (Å²) in [6, 6.07) is 6.89. The molecule has 6 nitrogen and oxygen atoms in total. The smallest absolute Gasteiger partial charge is 0.254 e. The molecule has 1 saturated carbocycles. The van der Waals surface area contributed by atoms with Gasteiger partial charge in [-0.2, -0.15) is 4.31 Å². The van der Waals surface area contributed by atoms with Crippen LogP contribution in [0.5, 0.6) is 0 Å². The van der Waals surface area contributed by atoms with Gasteiger partial charge in [0.15, 0.2) is 0 Å². The number of hydrogen-bond donors (Lipinski definition) is 0. The molecule has 0 aromatic heterocycles. The highest BCUT2D eigenvalue weighted by Gasteiger charge is 2.36. The van der Waals surface area contributed by atoms with Gasteiger partial charge in [0, 0.05) is 31.2 Å². The van der Waals surface area contributed by atoms with E-state index < -0.39 is 10.0 Å². The number of rotatable bonds is 4. The zero-order chi connectivity index (χ0) is 19.6. The van der Waals surface area contributed by atoms with Crippen molar-refractivity contribution in [2.24, 2.45) is 5.92 Å². The van der Waals surface area contributed by atoms with Gasteiger partial charge in [-0.25, -0.2) is 8.42 Å². The van der Waals surface area contributed by atoms with Crippen molar-refractivity contribution in [3.63, 3.8) is 0 Å². The van der Waals surface area contributed by atoms with E-state index in [1.807, 2.05) is 4.90 Å². The molecular weight excluding hydrogens is 376 g/mol. The summed E-state index contributed by atoms with van der Waals surface area (Å²) in [6.07, 6.45) is 8.35. The van der Waals surface area contributed by atoms with Gasteiger partial charge in [-0.05, 0) is 49.8 Å². The summed E-state index contributed by atoms with van der Waals surface area (Å²) in [4.78, 5) is 15.5. The third-order valence-corrected chi connectivity index (χ3v) is 8.34. The van der Waals surface area contributed by atoms with Gasteiger partial charge in [0.2, 0.25) is 10.0 Å². The monoisotopic (exact) mass is 406 g/mol. The second kappa shape index (κ2) is 8.51. The zero-order valence-electron chi connectivity index (χ0n) is 16.4. The molecule has 7 heteroatoms. The number of morpholine rings is 1. The Morgan fingerprint density at radius 3 is 2.46 bits per heavy atom. The SMILES string of the molecule is O=C(c1cccc(S(=O)(=O)N2CCOCC2)c1)N1CCCC1C1CCCCC1. The lowest BCUT2D eigenvalue weighted by Crippen LogP contribution is -2.41. The van der Waals surface area contributed by atoms with E-state index in [9.17, 15) is 13.2 Å². The first-order valence-corrected chi connectivity index (χ1v) is 12.0. The van der Waals surface area contributed by atoms with Gasteiger partial charge in [-0.1, -0.05) is 25.3 Å². The van der Waals surface area contributed by atoms with Gasteiger partial charge >= 0.3 is 0 Å². The van der Waals surface area contributed by atoms with E-state index in [0.717, 1.165) is 19.4 Å². The van der Waals surface area contributed by atoms with Crippen molar-refractivity contribution in [3.05, 3.63) is 29.8 Å². The molecule has 1 amide bonds. The fourth-order valence-corrected chi connectivity index (χ4v) is 6.40. The van der Waals surface area contributed by atoms with Crippen LogP contribution < -0.4 is 0 Å². The van der Waals surface area contributed by atoms with Crippen LogP contribution in [0.1, 0.15) is 55.3 Å². The van der Waals surface area contributed by atoms with Gasteiger partial charge in [0.25, 0.3) is 5.91 Å². The van der Waals surface area contributed by atoms with Crippen molar-refractivity contribution in [2.45, 2.75) is 55.9 Å². The van der Waals surface area contributed by atoms with Crippen molar-refractivity contribution >= 4 is 15.9 Å². The van der Waals surface area contributed by atoms with Crippen LogP contribution in [-0.2, 0) is 14.8 Å². The molecule has 1 aliphatic carbocycles. The maximum atomic E-state index is 13.3. The molecular formula is C21H30N2O4S. The van der Waals surface area contributed by atoms with E-state index >= 15 is 0 Å². The molecule has 1 aromatic rings. The van der Waals surface area contributed by atoms with Crippen LogP contribution in [0.25, 0.3) is 0 Å². The second-order valence-electron chi connectivity index (χ2n) is 8.15. The lowest BCUT2D eigenvalue weighted by atomic mass is 9.83. The Kier molecular flexibility index (Phi) is 6.04. The number of likely N-dealkylation sites (tertiary alicyclic amines) is 1. The Morgan fingerprint density at radius 2 is 1.71 bits per heavy atom. The molecule has 0 bridgehead atoms. The Hall–Kier alpha value is -1.44. The third-order valence-electron chi connectivity index (χ3n) is 6.44. The van der Waals surface area contributed by atoms with Gasteiger partial charge in [0.05, 0.1) is 18.1 Å². The summed E-state index contributed by atoms with van der Waals surface area (Å²) in [5.74, 6) is 0.576. The Balaban J connectivity index is 1.54. The standard InChI is InChI=1S/C21H30N2O4S/c24-21(23-11-5-10-20(23)17-6-2-1-3-7-17)18-8-4-9-19(16-18)28(25,26)22-12-14-27-15-13-22/h4,8-9,16-17,20H,1-3,5-7,10-15H2. The molecule has 2 aliphatic heterocycles. The number of carbonyl (C=O) groups excluding carboxylic acids is 1. The highest BCUT2D eigenvalue weighted by atomic mass is 32.2. The molecule has 1 aromatic carbocycles. The molecule has 0 radical (unpaired) electrons. The van der Waals surface area contributed by atoms with E-state index in [1.165, 1.54) is 36.4 Å². The number of hydrogen-bond acceptors (Lipinski definition) is 4. The lowest BCUT2D eigenvalue weighted by Gasteiger charge is -2.34. The predicted molar refractivity (Wildman–Crippen MR) is 107 cm³/mol. The Morgan fingerprint density at radius 1 is 0.964 bits per heavy atom. The minimum absolute atomic E-state index is 0.0212. The summed E-state index contributed by atoms with van der Waals surface area (Å²) in [5, 5.41) is 0. The van der Waals surface area contributed by atoms with E-state index in [4.69, 9.17) is 4.74 Å². The van der Waals surface area contributed by atoms with Gasteiger partial charge in [-0.15, -0.1) is 0 Å². The number of amides is 1. The zero-order valence-corrected chi connectivity index (χ0v) is 17.2. The number of benzene rings is 1. The number of sulfonamides is 1. The largest absolute Gasteiger partial charge is 0.379 e. The maximum absolute atomic E-state index is 13.3. The topological polar surface area (TPSA) is 66.9 Å². The minimum atomic E-state index is -3.59. The molecule has 3 fully saturated rings. The van der Waals surface area contributed by atoms with E-state index in [-0.39, 0.29) is 10.8 Å². The predicted octanol–water partition coefficient (Wildman–Crippen LogP) is 2.89. The molecule has 2 saturated heterocycles. The lowest BCUT2D eigenvalue weighted by molar-refractivity contribution is 0.0661. The van der Waals surface area contributed by atoms with Crippen molar-refractivity contribution in [3.8, 4) is 0 Å². The van der Waals surface area contributed by atoms with Crippen LogP contribution in [0.3, 0.4) is 0 Å². The van der Waals surface area contributed by atoms with Crippen molar-refractivity contribution in [1.82, 2.24) is 9.21 Å². The number of nitrogens with zero attached hydrogens (tertiary/aromatic N) is 2. The Labute approximate surface area is 167 Å². The summed E-state index contributed by atoms with van der Waals surface area (Å²) in [6.45, 7) is 2.32. The summed E-state index contributed by atoms with van der Waals surface area (Å²) < 4.78 is 32.6. The molecule has 1 unspecified atom stereocenters. The number of carbonyl (C=O) groups is 1. The summed E-state index contributed by atoms with van der Waals surface area (Å²) in [7, 11) is -3.59. The molecule has 28 heavy (non-hydrogen) atoms. The molecule has 4 rings (SSSR count). The average molecular weight is 407 g/mol. The normalized spacial score (nSPS) is 25.1. The first kappa shape index (κ1) is 19.9. The van der Waals surface area contributed by atoms with Crippen LogP contribution in [0.15, 0.2) is 29.2 Å². The molecule has 3 aliphatic rings. The van der Waals surface area contributed by atoms with Crippen LogP contribution in [0.2, 0.25) is 0 Å². The van der Waals surface area contributed by atoms with Crippen molar-refractivity contribution in [1.29, 1.82) is 0 Å². The van der Waals surface area contributed by atoms with Crippen molar-refractivity contribution < 1.29 is 17.9 Å². The maximum Gasteiger partial charge on any atom is 0.254 e. The number of ether oxygens (including phenoxy) is 1. The highest BCUT2D eigenvalue weighted by Crippen LogP contribution is 2.35. The summed E-state index contributed by atoms with van der Waals surface area (Å²) in [5.41, 5.74) is 0.483. The van der Waals surface area contributed by atoms with Gasteiger partial charge < -0.3 is 9.64 Å². The van der Waals surface area contributed by atoms with E-state index in [0.29, 0.717) is 43.8 Å². The van der Waals surface area contributed by atoms with E-state index in [2.05, 4.69) is 0 Å². The highest BCUT2D eigenvalue weighted by molar-refractivity contribution is 7.89. The molecule has 2 heterocycles. The molecule has 0 spiro atoms. The van der Waals surface area contributed by atoms with Crippen molar-refractivity contribution in [2.75, 3.05) is 32.8 Å². The first-order chi connectivity index (χ1) is 13.6. The van der Waals surface area contributed by atoms with Gasteiger partial charge in [0.1, 0.15) is 0 Å². The minimum Gasteiger partial charge on any atom is -0.379 e. The molecule has 0 N–H and O–H groups in total. The van der Waals surface area contributed by atoms with Crippen LogP contribution >= 0.6 is 0 Å². The van der Waals surface area contributed by atoms with Crippen LogP contribution in [-0.4, -0.2) is 62.4 Å². The average Bonchev–Trinajstić information content (AvgIpc) is 3.24. The molecule has 154 valence electrons. The second-order valence-corrected chi connectivity index (χ2v) is 10.1. The summed E-state index contributed by atoms with van der Waals surface area (Å²) >= 11 is 0. The Bertz CT molecular complexity index is 798. The first-order valence-electron chi connectivity index (χ1n) is 10.6.